The van der Waals surface area contributed by atoms with Gasteiger partial charge in [-0.1, -0.05) is 0 Å². The Morgan fingerprint density at radius 3 is 2.95 bits per heavy atom. The van der Waals surface area contributed by atoms with Crippen LogP contribution in [-0.4, -0.2) is 46.1 Å². The van der Waals surface area contributed by atoms with E-state index >= 15 is 0 Å². The van der Waals surface area contributed by atoms with E-state index < -0.39 is 5.97 Å². The maximum absolute atomic E-state index is 11.2. The minimum absolute atomic E-state index is 0.260. The van der Waals surface area contributed by atoms with E-state index in [1.807, 2.05) is 13.0 Å². The molecule has 2 fully saturated rings. The van der Waals surface area contributed by atoms with E-state index in [1.165, 1.54) is 19.0 Å². The van der Waals surface area contributed by atoms with Crippen LogP contribution in [0.2, 0.25) is 0 Å². The van der Waals surface area contributed by atoms with Gasteiger partial charge in [0.2, 0.25) is 0 Å². The predicted octanol–water partition coefficient (Wildman–Crippen LogP) is 1.74. The van der Waals surface area contributed by atoms with Gasteiger partial charge in [-0.2, -0.15) is 0 Å². The van der Waals surface area contributed by atoms with Crippen molar-refractivity contribution in [3.8, 4) is 0 Å². The normalized spacial score (nSPS) is 23.5. The smallest absolute Gasteiger partial charge is 0.339 e. The molecule has 5 nitrogen and oxygen atoms in total. The molecule has 2 N–H and O–H groups in total. The number of aromatic nitrogens is 1. The molecule has 5 heteroatoms. The molecular formula is C14H19N3O2. The van der Waals surface area contributed by atoms with Gasteiger partial charge in [0.15, 0.2) is 0 Å². The summed E-state index contributed by atoms with van der Waals surface area (Å²) < 4.78 is 0. The summed E-state index contributed by atoms with van der Waals surface area (Å²) in [6.45, 7) is 4.02. The zero-order chi connectivity index (χ0) is 13.4. The van der Waals surface area contributed by atoms with Crippen molar-refractivity contribution in [2.24, 2.45) is 0 Å². The highest BCUT2D eigenvalue weighted by molar-refractivity contribution is 5.93. The first-order chi connectivity index (χ1) is 9.13. The lowest BCUT2D eigenvalue weighted by atomic mass is 10.1. The van der Waals surface area contributed by atoms with Crippen molar-refractivity contribution in [2.75, 3.05) is 18.4 Å². The van der Waals surface area contributed by atoms with E-state index in [9.17, 15) is 9.90 Å². The Morgan fingerprint density at radius 2 is 2.26 bits per heavy atom. The Hall–Kier alpha value is -1.62. The molecule has 0 spiro atoms. The number of hydrogen-bond acceptors (Lipinski definition) is 4. The van der Waals surface area contributed by atoms with Gasteiger partial charge in [0.25, 0.3) is 0 Å². The molecule has 1 saturated heterocycles. The Kier molecular flexibility index (Phi) is 3.14. The van der Waals surface area contributed by atoms with Crippen LogP contribution in [0.3, 0.4) is 0 Å². The van der Waals surface area contributed by atoms with Crippen LogP contribution in [-0.2, 0) is 0 Å². The van der Waals surface area contributed by atoms with Crippen molar-refractivity contribution >= 4 is 11.7 Å². The molecule has 0 amide bonds. The molecular weight excluding hydrogens is 242 g/mol. The van der Waals surface area contributed by atoms with Crippen LogP contribution in [0.4, 0.5) is 5.69 Å². The van der Waals surface area contributed by atoms with E-state index in [1.54, 1.807) is 0 Å². The Balaban J connectivity index is 1.72. The number of nitrogens with zero attached hydrogens (tertiary/aromatic N) is 2. The lowest BCUT2D eigenvalue weighted by Crippen LogP contribution is -2.28. The van der Waals surface area contributed by atoms with Crippen LogP contribution in [0, 0.1) is 6.92 Å². The second kappa shape index (κ2) is 4.81. The second-order valence-corrected chi connectivity index (χ2v) is 5.53. The van der Waals surface area contributed by atoms with E-state index in [2.05, 4.69) is 15.2 Å². The van der Waals surface area contributed by atoms with Gasteiger partial charge in [-0.05, 0) is 32.3 Å². The minimum atomic E-state index is -0.924. The fourth-order valence-corrected chi connectivity index (χ4v) is 2.75. The minimum Gasteiger partial charge on any atom is -0.478 e. The molecule has 3 rings (SSSR count). The molecule has 1 aliphatic carbocycles. The summed E-state index contributed by atoms with van der Waals surface area (Å²) in [5.41, 5.74) is 1.79. The van der Waals surface area contributed by atoms with Crippen molar-refractivity contribution in [2.45, 2.75) is 38.3 Å². The van der Waals surface area contributed by atoms with E-state index in [0.717, 1.165) is 31.2 Å². The maximum atomic E-state index is 11.2. The molecule has 1 saturated carbocycles. The number of rotatable bonds is 4. The molecule has 0 bridgehead atoms. The van der Waals surface area contributed by atoms with Crippen molar-refractivity contribution in [3.05, 3.63) is 23.5 Å². The monoisotopic (exact) mass is 261 g/mol. The molecule has 1 aromatic rings. The first kappa shape index (κ1) is 12.4. The highest BCUT2D eigenvalue weighted by atomic mass is 16.4. The van der Waals surface area contributed by atoms with Gasteiger partial charge >= 0.3 is 5.97 Å². The summed E-state index contributed by atoms with van der Waals surface area (Å²) in [6, 6.07) is 2.95. The fraction of sp³-hybridized carbons (Fsp3) is 0.571. The van der Waals surface area contributed by atoms with Crippen molar-refractivity contribution in [1.29, 1.82) is 0 Å². The average Bonchev–Trinajstić information content (AvgIpc) is 3.10. The zero-order valence-electron chi connectivity index (χ0n) is 11.1. The Bertz CT molecular complexity index is 499. The quantitative estimate of drug-likeness (QED) is 0.864. The van der Waals surface area contributed by atoms with Crippen molar-refractivity contribution in [3.63, 3.8) is 0 Å². The lowest BCUT2D eigenvalue weighted by molar-refractivity contribution is 0.0697. The largest absolute Gasteiger partial charge is 0.478 e. The Morgan fingerprint density at radius 1 is 1.47 bits per heavy atom. The molecule has 19 heavy (non-hydrogen) atoms. The third kappa shape index (κ3) is 2.71. The highest BCUT2D eigenvalue weighted by Crippen LogP contribution is 2.31. The van der Waals surface area contributed by atoms with E-state index in [-0.39, 0.29) is 5.56 Å². The second-order valence-electron chi connectivity index (χ2n) is 5.53. The number of anilines is 1. The summed E-state index contributed by atoms with van der Waals surface area (Å²) >= 11 is 0. The molecule has 1 atom stereocenters. The topological polar surface area (TPSA) is 65.5 Å². The van der Waals surface area contributed by atoms with E-state index in [0.29, 0.717) is 11.7 Å². The van der Waals surface area contributed by atoms with Crippen LogP contribution >= 0.6 is 0 Å². The number of aryl methyl sites for hydroxylation is 1. The average molecular weight is 261 g/mol. The number of hydrogen-bond donors (Lipinski definition) is 2. The Labute approximate surface area is 112 Å². The van der Waals surface area contributed by atoms with Crippen LogP contribution < -0.4 is 5.32 Å². The van der Waals surface area contributed by atoms with Gasteiger partial charge in [0.05, 0.1) is 5.69 Å². The standard InChI is InChI=1S/C14H19N3O2/c1-9-6-13(12(7-15-9)14(18)19)16-10-4-5-17(8-10)11-2-3-11/h6-7,10-11H,2-5,8H2,1H3,(H,15,16)(H,18,19). The van der Waals surface area contributed by atoms with Gasteiger partial charge < -0.3 is 10.4 Å². The SMILES string of the molecule is Cc1cc(NC2CCN(C3CC3)C2)c(C(=O)O)cn1. The summed E-state index contributed by atoms with van der Waals surface area (Å²) in [7, 11) is 0. The number of carboxylic acid groups (broad SMARTS) is 1. The molecule has 0 radical (unpaired) electrons. The highest BCUT2D eigenvalue weighted by Gasteiger charge is 2.34. The van der Waals surface area contributed by atoms with Crippen molar-refractivity contribution < 1.29 is 9.90 Å². The zero-order valence-corrected chi connectivity index (χ0v) is 11.1. The first-order valence-electron chi connectivity index (χ1n) is 6.84. The molecule has 2 aliphatic rings. The number of likely N-dealkylation sites (tertiary alicyclic amines) is 1. The third-order valence-electron chi connectivity index (χ3n) is 3.91. The number of nitrogens with one attached hydrogen (secondary N) is 1. The molecule has 0 aromatic carbocycles. The molecule has 1 aromatic heterocycles. The number of pyridine rings is 1. The summed E-state index contributed by atoms with van der Waals surface area (Å²) in [5.74, 6) is -0.924. The summed E-state index contributed by atoms with van der Waals surface area (Å²) in [6.07, 6.45) is 5.16. The van der Waals surface area contributed by atoms with Crippen LogP contribution in [0.15, 0.2) is 12.3 Å². The van der Waals surface area contributed by atoms with Crippen LogP contribution in [0.25, 0.3) is 0 Å². The lowest BCUT2D eigenvalue weighted by Gasteiger charge is -2.18. The molecule has 1 aliphatic heterocycles. The molecule has 1 unspecified atom stereocenters. The predicted molar refractivity (Wildman–Crippen MR) is 72.6 cm³/mol. The van der Waals surface area contributed by atoms with E-state index in [4.69, 9.17) is 0 Å². The third-order valence-corrected chi connectivity index (χ3v) is 3.91. The number of carbonyl (C=O) groups is 1. The fourth-order valence-electron chi connectivity index (χ4n) is 2.75. The van der Waals surface area contributed by atoms with Gasteiger partial charge in [0.1, 0.15) is 5.56 Å². The van der Waals surface area contributed by atoms with Crippen molar-refractivity contribution in [1.82, 2.24) is 9.88 Å². The molecule has 102 valence electrons. The van der Waals surface area contributed by atoms with Crippen LogP contribution in [0.1, 0.15) is 35.3 Å². The van der Waals surface area contributed by atoms with Gasteiger partial charge in [-0.25, -0.2) is 4.79 Å². The van der Waals surface area contributed by atoms with Crippen LogP contribution in [0.5, 0.6) is 0 Å². The number of carboxylic acids is 1. The van der Waals surface area contributed by atoms with Gasteiger partial charge in [-0.15, -0.1) is 0 Å². The maximum Gasteiger partial charge on any atom is 0.339 e. The molecule has 2 heterocycles. The first-order valence-corrected chi connectivity index (χ1v) is 6.84. The summed E-state index contributed by atoms with van der Waals surface area (Å²) in [5, 5.41) is 12.6. The number of aromatic carboxylic acids is 1. The summed E-state index contributed by atoms with van der Waals surface area (Å²) in [4.78, 5) is 17.8. The van der Waals surface area contributed by atoms with Gasteiger partial charge in [-0.3, -0.25) is 9.88 Å². The van der Waals surface area contributed by atoms with Gasteiger partial charge in [0, 0.05) is 37.1 Å².